The lowest BCUT2D eigenvalue weighted by Gasteiger charge is -2.34. The summed E-state index contributed by atoms with van der Waals surface area (Å²) in [5.74, 6) is 0.0529. The molecular formula is C14H19FN2OS. The first kappa shape index (κ1) is 14.4. The number of piperidine rings is 1. The predicted octanol–water partition coefficient (Wildman–Crippen LogP) is 1.66. The van der Waals surface area contributed by atoms with E-state index in [-0.39, 0.29) is 16.9 Å². The van der Waals surface area contributed by atoms with Gasteiger partial charge < -0.3 is 10.8 Å². The maximum absolute atomic E-state index is 13.8. The number of thiocarbonyl (C=S) groups is 1. The standard InChI is InChI=1S/C14H19FN2OS/c1-9-4-5-17(8-13(9)18)7-11-6-10(14(16)19)2-3-12(11)15/h2-3,6,9,13,18H,4-5,7-8H2,1H3,(H2,16,19). The number of likely N-dealkylation sites (tertiary alicyclic amines) is 1. The van der Waals surface area contributed by atoms with Gasteiger partial charge in [-0.2, -0.15) is 0 Å². The second kappa shape index (κ2) is 5.94. The first-order valence-electron chi connectivity index (χ1n) is 6.46. The van der Waals surface area contributed by atoms with E-state index in [0.29, 0.717) is 30.1 Å². The normalized spacial score (nSPS) is 24.4. The van der Waals surface area contributed by atoms with Crippen LogP contribution in [0.3, 0.4) is 0 Å². The van der Waals surface area contributed by atoms with E-state index in [1.54, 1.807) is 12.1 Å². The highest BCUT2D eigenvalue weighted by Gasteiger charge is 2.24. The third kappa shape index (κ3) is 3.49. The Morgan fingerprint density at radius 1 is 1.58 bits per heavy atom. The number of β-amino-alcohol motifs (C(OH)–C–C–N with tert-alkyl or cyclic N) is 1. The zero-order valence-electron chi connectivity index (χ0n) is 11.0. The van der Waals surface area contributed by atoms with Crippen molar-refractivity contribution in [2.45, 2.75) is 26.0 Å². The zero-order valence-corrected chi connectivity index (χ0v) is 11.8. The Labute approximate surface area is 118 Å². The third-order valence-corrected chi connectivity index (χ3v) is 3.96. The highest BCUT2D eigenvalue weighted by molar-refractivity contribution is 7.80. The van der Waals surface area contributed by atoms with Crippen LogP contribution in [-0.4, -0.2) is 34.2 Å². The van der Waals surface area contributed by atoms with E-state index in [4.69, 9.17) is 18.0 Å². The molecule has 0 spiro atoms. The van der Waals surface area contributed by atoms with Crippen LogP contribution in [0.1, 0.15) is 24.5 Å². The van der Waals surface area contributed by atoms with E-state index in [9.17, 15) is 9.50 Å². The van der Waals surface area contributed by atoms with Gasteiger partial charge in [-0.3, -0.25) is 4.90 Å². The molecule has 0 radical (unpaired) electrons. The van der Waals surface area contributed by atoms with Crippen molar-refractivity contribution in [1.82, 2.24) is 4.90 Å². The molecule has 3 N–H and O–H groups in total. The van der Waals surface area contributed by atoms with Crippen LogP contribution in [0, 0.1) is 11.7 Å². The molecule has 1 aromatic rings. The Morgan fingerprint density at radius 2 is 2.32 bits per heavy atom. The van der Waals surface area contributed by atoms with E-state index < -0.39 is 0 Å². The fourth-order valence-electron chi connectivity index (χ4n) is 2.35. The molecule has 3 nitrogen and oxygen atoms in total. The van der Waals surface area contributed by atoms with Gasteiger partial charge in [0, 0.05) is 24.2 Å². The van der Waals surface area contributed by atoms with E-state index in [1.165, 1.54) is 6.07 Å². The minimum atomic E-state index is -0.337. The number of nitrogens with zero attached hydrogens (tertiary/aromatic N) is 1. The lowest BCUT2D eigenvalue weighted by atomic mass is 9.95. The molecule has 5 heteroatoms. The maximum Gasteiger partial charge on any atom is 0.127 e. The molecule has 1 fully saturated rings. The molecule has 2 unspecified atom stereocenters. The van der Waals surface area contributed by atoms with Crippen LogP contribution >= 0.6 is 12.2 Å². The predicted molar refractivity (Wildman–Crippen MR) is 77.4 cm³/mol. The Morgan fingerprint density at radius 3 is 2.95 bits per heavy atom. The fourth-order valence-corrected chi connectivity index (χ4v) is 2.48. The molecule has 1 heterocycles. The van der Waals surface area contributed by atoms with Gasteiger partial charge in [-0.25, -0.2) is 4.39 Å². The number of nitrogens with two attached hydrogens (primary N) is 1. The third-order valence-electron chi connectivity index (χ3n) is 3.73. The Kier molecular flexibility index (Phi) is 4.50. The van der Waals surface area contributed by atoms with Gasteiger partial charge in [0.15, 0.2) is 0 Å². The van der Waals surface area contributed by atoms with Crippen molar-refractivity contribution < 1.29 is 9.50 Å². The van der Waals surface area contributed by atoms with Crippen molar-refractivity contribution in [3.63, 3.8) is 0 Å². The van der Waals surface area contributed by atoms with Gasteiger partial charge in [-0.05, 0) is 37.1 Å². The first-order valence-corrected chi connectivity index (χ1v) is 6.87. The van der Waals surface area contributed by atoms with Crippen LogP contribution in [0.4, 0.5) is 4.39 Å². The van der Waals surface area contributed by atoms with Crippen LogP contribution in [0.15, 0.2) is 18.2 Å². The van der Waals surface area contributed by atoms with Crippen LogP contribution < -0.4 is 5.73 Å². The summed E-state index contributed by atoms with van der Waals surface area (Å²) in [7, 11) is 0. The molecule has 19 heavy (non-hydrogen) atoms. The summed E-state index contributed by atoms with van der Waals surface area (Å²) >= 11 is 4.91. The second-order valence-corrected chi connectivity index (χ2v) is 5.68. The van der Waals surface area contributed by atoms with Gasteiger partial charge in [-0.1, -0.05) is 19.1 Å². The Hall–Kier alpha value is -1.04. The smallest absolute Gasteiger partial charge is 0.127 e. The average Bonchev–Trinajstić information content (AvgIpc) is 2.36. The Bertz CT molecular complexity index is 481. The number of halogens is 1. The summed E-state index contributed by atoms with van der Waals surface area (Å²) in [5, 5.41) is 9.86. The van der Waals surface area contributed by atoms with Gasteiger partial charge in [0.2, 0.25) is 0 Å². The summed E-state index contributed by atoms with van der Waals surface area (Å²) < 4.78 is 13.8. The van der Waals surface area contributed by atoms with Crippen LogP contribution in [0.25, 0.3) is 0 Å². The maximum atomic E-state index is 13.8. The first-order chi connectivity index (χ1) is 8.97. The van der Waals surface area contributed by atoms with E-state index >= 15 is 0 Å². The highest BCUT2D eigenvalue weighted by Crippen LogP contribution is 2.20. The second-order valence-electron chi connectivity index (χ2n) is 5.24. The number of hydrogen-bond acceptors (Lipinski definition) is 3. The van der Waals surface area contributed by atoms with Crippen molar-refractivity contribution in [3.05, 3.63) is 35.1 Å². The van der Waals surface area contributed by atoms with Crippen LogP contribution in [0.2, 0.25) is 0 Å². The van der Waals surface area contributed by atoms with Crippen molar-refractivity contribution >= 4 is 17.2 Å². The molecule has 1 aliphatic heterocycles. The summed E-state index contributed by atoms with van der Waals surface area (Å²) in [6.07, 6.45) is 0.591. The number of aliphatic hydroxyl groups excluding tert-OH is 1. The topological polar surface area (TPSA) is 49.5 Å². The molecular weight excluding hydrogens is 263 g/mol. The fraction of sp³-hybridized carbons (Fsp3) is 0.500. The SMILES string of the molecule is CC1CCN(Cc2cc(C(N)=S)ccc2F)CC1O. The van der Waals surface area contributed by atoms with Crippen molar-refractivity contribution in [3.8, 4) is 0 Å². The molecule has 0 aromatic heterocycles. The van der Waals surface area contributed by atoms with E-state index in [1.807, 2.05) is 6.92 Å². The lowest BCUT2D eigenvalue weighted by molar-refractivity contribution is 0.0255. The molecule has 104 valence electrons. The summed E-state index contributed by atoms with van der Waals surface area (Å²) in [6.45, 7) is 3.97. The number of aliphatic hydroxyl groups is 1. The van der Waals surface area contributed by atoms with Gasteiger partial charge in [0.25, 0.3) is 0 Å². The summed E-state index contributed by atoms with van der Waals surface area (Å²) in [4.78, 5) is 2.33. The van der Waals surface area contributed by atoms with Gasteiger partial charge in [0.1, 0.15) is 10.8 Å². The van der Waals surface area contributed by atoms with Crippen LogP contribution in [-0.2, 0) is 6.54 Å². The molecule has 0 amide bonds. The van der Waals surface area contributed by atoms with E-state index in [0.717, 1.165) is 13.0 Å². The molecule has 1 aromatic carbocycles. The molecule has 1 aliphatic rings. The molecule has 2 atom stereocenters. The number of rotatable bonds is 3. The number of hydrogen-bond donors (Lipinski definition) is 2. The zero-order chi connectivity index (χ0) is 14.0. The minimum absolute atomic E-state index is 0.256. The monoisotopic (exact) mass is 282 g/mol. The molecule has 1 saturated heterocycles. The van der Waals surface area contributed by atoms with Crippen molar-refractivity contribution in [2.24, 2.45) is 11.7 Å². The van der Waals surface area contributed by atoms with E-state index in [2.05, 4.69) is 4.90 Å². The molecule has 0 bridgehead atoms. The van der Waals surface area contributed by atoms with Crippen molar-refractivity contribution in [2.75, 3.05) is 13.1 Å². The lowest BCUT2D eigenvalue weighted by Crippen LogP contribution is -2.42. The van der Waals surface area contributed by atoms with Gasteiger partial charge >= 0.3 is 0 Å². The number of benzene rings is 1. The molecule has 2 rings (SSSR count). The van der Waals surface area contributed by atoms with Gasteiger partial charge in [0.05, 0.1) is 6.10 Å². The average molecular weight is 282 g/mol. The van der Waals surface area contributed by atoms with Crippen molar-refractivity contribution in [1.29, 1.82) is 0 Å². The minimum Gasteiger partial charge on any atom is -0.392 e. The summed E-state index contributed by atoms with van der Waals surface area (Å²) in [6, 6.07) is 4.68. The molecule has 0 saturated carbocycles. The highest BCUT2D eigenvalue weighted by atomic mass is 32.1. The largest absolute Gasteiger partial charge is 0.392 e. The quantitative estimate of drug-likeness (QED) is 0.828. The summed E-state index contributed by atoms with van der Waals surface area (Å²) in [5.41, 5.74) is 6.82. The Balaban J connectivity index is 2.10. The van der Waals surface area contributed by atoms with Crippen LogP contribution in [0.5, 0.6) is 0 Å². The van der Waals surface area contributed by atoms with Gasteiger partial charge in [-0.15, -0.1) is 0 Å². The molecule has 0 aliphatic carbocycles.